The molecular formula is C14H18N2O. The summed E-state index contributed by atoms with van der Waals surface area (Å²) in [5.74, 6) is 1.13. The summed E-state index contributed by atoms with van der Waals surface area (Å²) in [6, 6.07) is 5.74. The summed E-state index contributed by atoms with van der Waals surface area (Å²) in [5.41, 5.74) is 1.43. The second-order valence-corrected chi connectivity index (χ2v) is 4.73. The second-order valence-electron chi connectivity index (χ2n) is 4.73. The standard InChI is InChI=1S/C14H18N2O/c1-11-7-8-13(9-15)14(16-11)17-10-12-5-3-2-4-6-12/h7-8,12H,2-6,10H2,1H3. The van der Waals surface area contributed by atoms with Crippen molar-refractivity contribution < 1.29 is 4.74 Å². The van der Waals surface area contributed by atoms with E-state index in [1.807, 2.05) is 13.0 Å². The van der Waals surface area contributed by atoms with Gasteiger partial charge in [-0.15, -0.1) is 0 Å². The van der Waals surface area contributed by atoms with Gasteiger partial charge in [0.25, 0.3) is 0 Å². The van der Waals surface area contributed by atoms with Crippen LogP contribution in [-0.4, -0.2) is 11.6 Å². The Hall–Kier alpha value is -1.56. The van der Waals surface area contributed by atoms with Crippen LogP contribution in [0.15, 0.2) is 12.1 Å². The molecular weight excluding hydrogens is 212 g/mol. The van der Waals surface area contributed by atoms with E-state index in [1.54, 1.807) is 6.07 Å². The van der Waals surface area contributed by atoms with Gasteiger partial charge in [0.15, 0.2) is 0 Å². The van der Waals surface area contributed by atoms with E-state index in [4.69, 9.17) is 10.00 Å². The Kier molecular flexibility index (Phi) is 3.98. The van der Waals surface area contributed by atoms with Gasteiger partial charge in [0.2, 0.25) is 5.88 Å². The number of hydrogen-bond donors (Lipinski definition) is 0. The van der Waals surface area contributed by atoms with Crippen LogP contribution in [0.4, 0.5) is 0 Å². The third kappa shape index (κ3) is 3.20. The second kappa shape index (κ2) is 5.67. The number of nitriles is 1. The van der Waals surface area contributed by atoms with Crippen molar-refractivity contribution >= 4 is 0 Å². The minimum Gasteiger partial charge on any atom is -0.476 e. The van der Waals surface area contributed by atoms with Crippen molar-refractivity contribution in [2.75, 3.05) is 6.61 Å². The Labute approximate surface area is 102 Å². The van der Waals surface area contributed by atoms with E-state index >= 15 is 0 Å². The van der Waals surface area contributed by atoms with Gasteiger partial charge in [-0.25, -0.2) is 4.98 Å². The van der Waals surface area contributed by atoms with Crippen LogP contribution in [0.5, 0.6) is 5.88 Å². The Bertz CT molecular complexity index is 417. The van der Waals surface area contributed by atoms with Gasteiger partial charge in [0, 0.05) is 5.69 Å². The molecule has 17 heavy (non-hydrogen) atoms. The van der Waals surface area contributed by atoms with Crippen molar-refractivity contribution in [1.82, 2.24) is 4.98 Å². The lowest BCUT2D eigenvalue weighted by Crippen LogP contribution is -2.16. The number of aromatic nitrogens is 1. The highest BCUT2D eigenvalue weighted by molar-refractivity contribution is 5.38. The molecule has 1 aromatic rings. The van der Waals surface area contributed by atoms with Crippen molar-refractivity contribution in [1.29, 1.82) is 5.26 Å². The van der Waals surface area contributed by atoms with Gasteiger partial charge < -0.3 is 4.74 Å². The molecule has 0 spiro atoms. The molecule has 1 heterocycles. The number of rotatable bonds is 3. The zero-order valence-corrected chi connectivity index (χ0v) is 10.3. The van der Waals surface area contributed by atoms with E-state index in [0.717, 1.165) is 5.69 Å². The van der Waals surface area contributed by atoms with Crippen molar-refractivity contribution in [3.8, 4) is 11.9 Å². The molecule has 0 bridgehead atoms. The van der Waals surface area contributed by atoms with E-state index < -0.39 is 0 Å². The molecule has 3 heteroatoms. The van der Waals surface area contributed by atoms with Crippen molar-refractivity contribution in [2.24, 2.45) is 5.92 Å². The average Bonchev–Trinajstić information content (AvgIpc) is 2.38. The molecule has 1 aromatic heterocycles. The lowest BCUT2D eigenvalue weighted by atomic mass is 9.90. The summed E-state index contributed by atoms with van der Waals surface area (Å²) in [6.45, 7) is 2.61. The predicted molar refractivity (Wildman–Crippen MR) is 65.8 cm³/mol. The Morgan fingerprint density at radius 3 is 2.82 bits per heavy atom. The summed E-state index contributed by atoms with van der Waals surface area (Å²) >= 11 is 0. The van der Waals surface area contributed by atoms with Gasteiger partial charge in [-0.05, 0) is 37.8 Å². The molecule has 0 amide bonds. The Morgan fingerprint density at radius 1 is 1.35 bits per heavy atom. The van der Waals surface area contributed by atoms with E-state index in [2.05, 4.69) is 11.1 Å². The van der Waals surface area contributed by atoms with Gasteiger partial charge in [0.1, 0.15) is 11.6 Å². The molecule has 0 N–H and O–H groups in total. The molecule has 3 nitrogen and oxygen atoms in total. The molecule has 2 rings (SSSR count). The number of aryl methyl sites for hydroxylation is 1. The van der Waals surface area contributed by atoms with Gasteiger partial charge in [-0.3, -0.25) is 0 Å². The normalized spacial score (nSPS) is 16.5. The summed E-state index contributed by atoms with van der Waals surface area (Å²) in [7, 11) is 0. The first kappa shape index (κ1) is 11.9. The highest BCUT2D eigenvalue weighted by atomic mass is 16.5. The lowest BCUT2D eigenvalue weighted by Gasteiger charge is -2.21. The number of pyridine rings is 1. The number of nitrogens with zero attached hydrogens (tertiary/aromatic N) is 2. The molecule has 90 valence electrons. The number of ether oxygens (including phenoxy) is 1. The third-order valence-corrected chi connectivity index (χ3v) is 3.30. The predicted octanol–water partition coefficient (Wildman–Crippen LogP) is 3.22. The molecule has 1 aliphatic rings. The van der Waals surface area contributed by atoms with Crippen LogP contribution in [0.1, 0.15) is 43.4 Å². The van der Waals surface area contributed by atoms with E-state index in [0.29, 0.717) is 24.0 Å². The molecule has 0 saturated heterocycles. The van der Waals surface area contributed by atoms with Gasteiger partial charge in [0.05, 0.1) is 6.61 Å². The monoisotopic (exact) mass is 230 g/mol. The minimum absolute atomic E-state index is 0.498. The largest absolute Gasteiger partial charge is 0.476 e. The van der Waals surface area contributed by atoms with Crippen molar-refractivity contribution in [2.45, 2.75) is 39.0 Å². The molecule has 1 saturated carbocycles. The average molecular weight is 230 g/mol. The molecule has 0 atom stereocenters. The fraction of sp³-hybridized carbons (Fsp3) is 0.571. The fourth-order valence-electron chi connectivity index (χ4n) is 2.28. The first-order chi connectivity index (χ1) is 8.29. The number of hydrogen-bond acceptors (Lipinski definition) is 3. The summed E-state index contributed by atoms with van der Waals surface area (Å²) in [4.78, 5) is 4.28. The maximum atomic E-state index is 8.98. The fourth-order valence-corrected chi connectivity index (χ4v) is 2.28. The van der Waals surface area contributed by atoms with Crippen LogP contribution in [0.25, 0.3) is 0 Å². The SMILES string of the molecule is Cc1ccc(C#N)c(OCC2CCCCC2)n1. The van der Waals surface area contributed by atoms with E-state index in [-0.39, 0.29) is 0 Å². The van der Waals surface area contributed by atoms with Gasteiger partial charge in [-0.1, -0.05) is 19.3 Å². The van der Waals surface area contributed by atoms with Crippen LogP contribution >= 0.6 is 0 Å². The van der Waals surface area contributed by atoms with Crippen molar-refractivity contribution in [3.63, 3.8) is 0 Å². The molecule has 1 fully saturated rings. The third-order valence-electron chi connectivity index (χ3n) is 3.30. The smallest absolute Gasteiger partial charge is 0.231 e. The van der Waals surface area contributed by atoms with Crippen LogP contribution in [0.2, 0.25) is 0 Å². The maximum absolute atomic E-state index is 8.98. The van der Waals surface area contributed by atoms with Crippen molar-refractivity contribution in [3.05, 3.63) is 23.4 Å². The summed E-state index contributed by atoms with van der Waals surface area (Å²) in [5, 5.41) is 8.98. The molecule has 0 aliphatic heterocycles. The first-order valence-electron chi connectivity index (χ1n) is 6.30. The first-order valence-corrected chi connectivity index (χ1v) is 6.30. The van der Waals surface area contributed by atoms with Crippen LogP contribution < -0.4 is 4.74 Å². The van der Waals surface area contributed by atoms with Crippen LogP contribution in [0.3, 0.4) is 0 Å². The Morgan fingerprint density at radius 2 is 2.12 bits per heavy atom. The highest BCUT2D eigenvalue weighted by Crippen LogP contribution is 2.25. The molecule has 0 unspecified atom stereocenters. The van der Waals surface area contributed by atoms with Crippen LogP contribution in [0, 0.1) is 24.2 Å². The zero-order chi connectivity index (χ0) is 12.1. The highest BCUT2D eigenvalue weighted by Gasteiger charge is 2.15. The van der Waals surface area contributed by atoms with E-state index in [9.17, 15) is 0 Å². The quantitative estimate of drug-likeness (QED) is 0.800. The lowest BCUT2D eigenvalue weighted by molar-refractivity contribution is 0.202. The zero-order valence-electron chi connectivity index (χ0n) is 10.3. The topological polar surface area (TPSA) is 45.9 Å². The minimum atomic E-state index is 0.498. The van der Waals surface area contributed by atoms with Gasteiger partial charge >= 0.3 is 0 Å². The Balaban J connectivity index is 1.98. The molecule has 0 radical (unpaired) electrons. The van der Waals surface area contributed by atoms with Gasteiger partial charge in [-0.2, -0.15) is 5.26 Å². The van der Waals surface area contributed by atoms with E-state index in [1.165, 1.54) is 32.1 Å². The summed E-state index contributed by atoms with van der Waals surface area (Å²) < 4.78 is 5.71. The molecule has 1 aliphatic carbocycles. The summed E-state index contributed by atoms with van der Waals surface area (Å²) in [6.07, 6.45) is 6.45. The molecule has 0 aromatic carbocycles. The van der Waals surface area contributed by atoms with Crippen LogP contribution in [-0.2, 0) is 0 Å². The maximum Gasteiger partial charge on any atom is 0.231 e.